The number of nitrogens with two attached hydrogens (primary N) is 1. The summed E-state index contributed by atoms with van der Waals surface area (Å²) >= 11 is 0. The topological polar surface area (TPSA) is 139 Å². The van der Waals surface area contributed by atoms with Gasteiger partial charge >= 0.3 is 0 Å². The number of benzene rings is 4. The molecular formula is C47H49N5O7. The summed E-state index contributed by atoms with van der Waals surface area (Å²) in [4.78, 5) is 38.2. The van der Waals surface area contributed by atoms with Crippen LogP contribution in [0.4, 0.5) is 5.69 Å². The minimum atomic E-state index is -0.957. The molecule has 0 saturated heterocycles. The largest absolute Gasteiger partial charge is 0.493 e. The second-order valence-corrected chi connectivity index (χ2v) is 15.3. The van der Waals surface area contributed by atoms with Crippen LogP contribution in [0.3, 0.4) is 0 Å². The molecule has 0 aliphatic carbocycles. The number of fused-ring (bicyclic) bond motifs is 6. The Labute approximate surface area is 344 Å². The molecular weight excluding hydrogens is 747 g/mol. The van der Waals surface area contributed by atoms with Crippen molar-refractivity contribution in [2.75, 3.05) is 39.4 Å². The fourth-order valence-corrected chi connectivity index (χ4v) is 8.69. The first-order valence-corrected chi connectivity index (χ1v) is 19.7. The molecule has 8 rings (SSSR count). The standard InChI is InChI=1S/C47H49N5O7/c1-6-12-34(27-59-44-23-38-36(22-42(44)57-5)46(54)52-25-31-16-11-9-14-29(31)19-40(52)47(55)50(38)3)49-33(7-2)26-58-43-20-32-17-37(48)39-18-28-13-8-10-15-30(28)24-51(39)45(53)35(32)21-41(43)56-4/h6-16,20-23,37,39-40,47,55H,1-2,17-19,24-27,48H2,3-5H3/b34-12-,49-33+/t37?,39-,40-,47?/m0/s1. The molecule has 4 aromatic carbocycles. The number of ether oxygens (including phenoxy) is 4. The van der Waals surface area contributed by atoms with Crippen LogP contribution in [-0.4, -0.2) is 91.3 Å². The van der Waals surface area contributed by atoms with E-state index in [9.17, 15) is 14.7 Å². The maximum atomic E-state index is 14.1. The van der Waals surface area contributed by atoms with Crippen molar-refractivity contribution < 1.29 is 33.6 Å². The molecule has 3 N–H and O–H groups in total. The first-order chi connectivity index (χ1) is 28.6. The van der Waals surface area contributed by atoms with Crippen LogP contribution < -0.4 is 29.6 Å². The molecule has 0 saturated carbocycles. The van der Waals surface area contributed by atoms with Crippen LogP contribution in [-0.2, 0) is 32.4 Å². The van der Waals surface area contributed by atoms with Crippen molar-refractivity contribution in [1.29, 1.82) is 0 Å². The van der Waals surface area contributed by atoms with Crippen LogP contribution in [0.25, 0.3) is 0 Å². The number of rotatable bonds is 11. The molecule has 0 aromatic heterocycles. The number of methoxy groups -OCH3 is 2. The maximum absolute atomic E-state index is 14.1. The van der Waals surface area contributed by atoms with Crippen molar-refractivity contribution in [1.82, 2.24) is 9.80 Å². The molecule has 0 radical (unpaired) electrons. The first-order valence-electron chi connectivity index (χ1n) is 19.7. The third-order valence-corrected chi connectivity index (χ3v) is 11.9. The molecule has 4 atom stereocenters. The Morgan fingerprint density at radius 1 is 0.763 bits per heavy atom. The second kappa shape index (κ2) is 16.5. The zero-order valence-corrected chi connectivity index (χ0v) is 33.6. The van der Waals surface area contributed by atoms with E-state index in [1.807, 2.05) is 47.4 Å². The van der Waals surface area contributed by atoms with E-state index < -0.39 is 12.3 Å². The molecule has 12 heteroatoms. The van der Waals surface area contributed by atoms with Gasteiger partial charge < -0.3 is 44.5 Å². The molecule has 12 nitrogen and oxygen atoms in total. The molecule has 4 aromatic rings. The highest BCUT2D eigenvalue weighted by molar-refractivity contribution is 6.02. The number of aliphatic hydroxyl groups excluding tert-OH is 1. The van der Waals surface area contributed by atoms with Gasteiger partial charge in [-0.3, -0.25) is 14.6 Å². The number of aliphatic hydroxyl groups is 1. The number of anilines is 1. The number of aliphatic imine (C=N–C) groups is 1. The highest BCUT2D eigenvalue weighted by Crippen LogP contribution is 2.41. The van der Waals surface area contributed by atoms with E-state index >= 15 is 0 Å². The van der Waals surface area contributed by atoms with E-state index in [2.05, 4.69) is 25.3 Å². The monoisotopic (exact) mass is 795 g/mol. The van der Waals surface area contributed by atoms with Crippen LogP contribution in [0.2, 0.25) is 0 Å². The third-order valence-electron chi connectivity index (χ3n) is 11.9. The van der Waals surface area contributed by atoms with Crippen molar-refractivity contribution in [3.8, 4) is 23.0 Å². The normalized spacial score (nSPS) is 21.1. The summed E-state index contributed by atoms with van der Waals surface area (Å²) in [7, 11) is 4.83. The smallest absolute Gasteiger partial charge is 0.256 e. The molecule has 0 bridgehead atoms. The summed E-state index contributed by atoms with van der Waals surface area (Å²) in [6, 6.07) is 22.4. The predicted molar refractivity (Wildman–Crippen MR) is 227 cm³/mol. The lowest BCUT2D eigenvalue weighted by Crippen LogP contribution is -2.53. The number of hydrogen-bond acceptors (Lipinski definition) is 10. The van der Waals surface area contributed by atoms with Gasteiger partial charge in [-0.2, -0.15) is 0 Å². The van der Waals surface area contributed by atoms with Gasteiger partial charge in [0.15, 0.2) is 23.0 Å². The molecule has 2 amide bonds. The van der Waals surface area contributed by atoms with Crippen LogP contribution >= 0.6 is 0 Å². The molecule has 0 fully saturated rings. The fourth-order valence-electron chi connectivity index (χ4n) is 8.69. The number of amides is 2. The van der Waals surface area contributed by atoms with Crippen LogP contribution in [0.15, 0.2) is 115 Å². The zero-order chi connectivity index (χ0) is 41.4. The van der Waals surface area contributed by atoms with Crippen molar-refractivity contribution in [3.63, 3.8) is 0 Å². The average Bonchev–Trinajstić information content (AvgIpc) is 3.40. The molecule has 304 valence electrons. The number of likely N-dealkylation sites (N-methyl/N-ethyl adjacent to an activating group) is 1. The lowest BCUT2D eigenvalue weighted by molar-refractivity contribution is 0.0326. The number of allylic oxidation sites excluding steroid dienone is 2. The molecule has 4 heterocycles. The third kappa shape index (κ3) is 7.45. The lowest BCUT2D eigenvalue weighted by Gasteiger charge is -2.39. The van der Waals surface area contributed by atoms with Gasteiger partial charge in [0.25, 0.3) is 11.8 Å². The Bertz CT molecular complexity index is 2390. The maximum Gasteiger partial charge on any atom is 0.256 e. The van der Waals surface area contributed by atoms with E-state index in [1.165, 1.54) is 12.7 Å². The Kier molecular flexibility index (Phi) is 11.0. The van der Waals surface area contributed by atoms with Gasteiger partial charge in [-0.05, 0) is 77.4 Å². The van der Waals surface area contributed by atoms with Crippen LogP contribution in [0.1, 0.15) is 48.5 Å². The van der Waals surface area contributed by atoms with Crippen molar-refractivity contribution >= 4 is 23.2 Å². The average molecular weight is 796 g/mol. The summed E-state index contributed by atoms with van der Waals surface area (Å²) in [5.74, 6) is 1.32. The van der Waals surface area contributed by atoms with Gasteiger partial charge in [-0.25, -0.2) is 0 Å². The van der Waals surface area contributed by atoms with E-state index in [4.69, 9.17) is 29.7 Å². The summed E-state index contributed by atoms with van der Waals surface area (Å²) in [5.41, 5.74) is 14.6. The van der Waals surface area contributed by atoms with E-state index in [0.717, 1.165) is 22.3 Å². The molecule has 59 heavy (non-hydrogen) atoms. The van der Waals surface area contributed by atoms with Gasteiger partial charge in [-0.1, -0.05) is 67.8 Å². The number of hydrogen-bond donors (Lipinski definition) is 2. The summed E-state index contributed by atoms with van der Waals surface area (Å²) in [6.45, 7) is 8.78. The minimum absolute atomic E-state index is 0.00643. The molecule has 0 spiro atoms. The summed E-state index contributed by atoms with van der Waals surface area (Å²) in [5, 5.41) is 11.6. The van der Waals surface area contributed by atoms with Crippen LogP contribution in [0, 0.1) is 0 Å². The predicted octanol–water partition coefficient (Wildman–Crippen LogP) is 5.64. The van der Waals surface area contributed by atoms with Crippen molar-refractivity contribution in [2.24, 2.45) is 10.7 Å². The number of carbonyl (C=O) groups is 2. The van der Waals surface area contributed by atoms with Gasteiger partial charge in [0.2, 0.25) is 0 Å². The Hall–Kier alpha value is -6.37. The Morgan fingerprint density at radius 2 is 1.32 bits per heavy atom. The van der Waals surface area contributed by atoms with Crippen molar-refractivity contribution in [2.45, 2.75) is 56.7 Å². The van der Waals surface area contributed by atoms with Gasteiger partial charge in [0.1, 0.15) is 19.4 Å². The highest BCUT2D eigenvalue weighted by atomic mass is 16.5. The van der Waals surface area contributed by atoms with Gasteiger partial charge in [0, 0.05) is 37.8 Å². The second-order valence-electron chi connectivity index (χ2n) is 15.3. The summed E-state index contributed by atoms with van der Waals surface area (Å²) in [6.07, 6.45) is 5.70. The van der Waals surface area contributed by atoms with Gasteiger partial charge in [-0.15, -0.1) is 0 Å². The Balaban J connectivity index is 0.996. The van der Waals surface area contributed by atoms with Gasteiger partial charge in [0.05, 0.1) is 49.0 Å². The zero-order valence-electron chi connectivity index (χ0n) is 33.6. The Morgan fingerprint density at radius 3 is 1.95 bits per heavy atom. The minimum Gasteiger partial charge on any atom is -0.493 e. The highest BCUT2D eigenvalue weighted by Gasteiger charge is 2.42. The van der Waals surface area contributed by atoms with E-state index in [1.54, 1.807) is 60.4 Å². The molecule has 2 unspecified atom stereocenters. The summed E-state index contributed by atoms with van der Waals surface area (Å²) < 4.78 is 24.1. The van der Waals surface area contributed by atoms with Crippen molar-refractivity contribution in [3.05, 3.63) is 149 Å². The molecule has 4 aliphatic heterocycles. The number of nitrogens with zero attached hydrogens (tertiary/aromatic N) is 4. The SMILES string of the molecule is C=C/C=C(COc1cc2c(cc1OC)C(=O)N1Cc3ccccc3C[C@H]1C(O)N2C)\N=C(/C=C)COc1cc2c(cc1OC)C(=O)N1Cc3ccccc3C[C@H]1C(N)C2. The fraction of sp³-hybridized carbons (Fsp3) is 0.298. The lowest BCUT2D eigenvalue weighted by atomic mass is 9.89. The first kappa shape index (κ1) is 39.5. The van der Waals surface area contributed by atoms with Crippen LogP contribution in [0.5, 0.6) is 23.0 Å². The molecule has 4 aliphatic rings. The quantitative estimate of drug-likeness (QED) is 0.146. The number of carbonyl (C=O) groups excluding carboxylic acids is 2. The van der Waals surface area contributed by atoms with E-state index in [0.29, 0.717) is 83.6 Å². The van der Waals surface area contributed by atoms with E-state index in [-0.39, 0.29) is 37.1 Å².